The van der Waals surface area contributed by atoms with Gasteiger partial charge in [0.1, 0.15) is 11.2 Å². The first-order chi connectivity index (χ1) is 8.79. The van der Waals surface area contributed by atoms with E-state index in [1.807, 2.05) is 26.8 Å². The summed E-state index contributed by atoms with van der Waals surface area (Å²) in [6.07, 6.45) is 1.62. The standard InChI is InChI=1S/C14H17N3O2/c1-14(2,3)16-12(18)10-8-9-6-5-7-15-11(9)17(4)13(10)19/h5-8H,1-4H3,(H,16,18). The number of rotatable bonds is 1. The third-order valence-corrected chi connectivity index (χ3v) is 2.70. The number of carbonyl (C=O) groups excluding carboxylic acids is 1. The molecule has 0 saturated heterocycles. The minimum Gasteiger partial charge on any atom is -0.347 e. The Balaban J connectivity index is 2.59. The highest BCUT2D eigenvalue weighted by atomic mass is 16.2. The molecule has 0 aliphatic carbocycles. The van der Waals surface area contributed by atoms with Crippen molar-refractivity contribution in [2.24, 2.45) is 7.05 Å². The van der Waals surface area contributed by atoms with Gasteiger partial charge in [-0.1, -0.05) is 0 Å². The van der Waals surface area contributed by atoms with Gasteiger partial charge in [0.15, 0.2) is 0 Å². The van der Waals surface area contributed by atoms with E-state index in [1.54, 1.807) is 25.4 Å². The number of carbonyl (C=O) groups is 1. The van der Waals surface area contributed by atoms with E-state index in [4.69, 9.17) is 0 Å². The van der Waals surface area contributed by atoms with Gasteiger partial charge in [-0.2, -0.15) is 0 Å². The van der Waals surface area contributed by atoms with E-state index in [0.717, 1.165) is 5.39 Å². The van der Waals surface area contributed by atoms with E-state index in [1.165, 1.54) is 4.57 Å². The molecule has 0 fully saturated rings. The Morgan fingerprint density at radius 1 is 1.37 bits per heavy atom. The highest BCUT2D eigenvalue weighted by Gasteiger charge is 2.19. The second-order valence-electron chi connectivity index (χ2n) is 5.54. The van der Waals surface area contributed by atoms with E-state index in [-0.39, 0.29) is 22.6 Å². The predicted molar refractivity (Wildman–Crippen MR) is 74.2 cm³/mol. The van der Waals surface area contributed by atoms with Crippen molar-refractivity contribution in [3.8, 4) is 0 Å². The van der Waals surface area contributed by atoms with E-state index in [2.05, 4.69) is 10.3 Å². The van der Waals surface area contributed by atoms with Crippen molar-refractivity contribution in [1.82, 2.24) is 14.9 Å². The lowest BCUT2D eigenvalue weighted by Gasteiger charge is -2.20. The number of nitrogens with one attached hydrogen (secondary N) is 1. The van der Waals surface area contributed by atoms with Crippen molar-refractivity contribution in [1.29, 1.82) is 0 Å². The molecule has 100 valence electrons. The van der Waals surface area contributed by atoms with Crippen LogP contribution >= 0.6 is 0 Å². The lowest BCUT2D eigenvalue weighted by Crippen LogP contribution is -2.43. The second-order valence-corrected chi connectivity index (χ2v) is 5.54. The van der Waals surface area contributed by atoms with Crippen LogP contribution in [0.3, 0.4) is 0 Å². The quantitative estimate of drug-likeness (QED) is 0.843. The van der Waals surface area contributed by atoms with Gasteiger partial charge in [0.05, 0.1) is 0 Å². The summed E-state index contributed by atoms with van der Waals surface area (Å²) >= 11 is 0. The van der Waals surface area contributed by atoms with Crippen LogP contribution in [0.1, 0.15) is 31.1 Å². The number of aromatic nitrogens is 2. The van der Waals surface area contributed by atoms with Crippen molar-refractivity contribution >= 4 is 16.9 Å². The number of fused-ring (bicyclic) bond motifs is 1. The molecule has 0 unspecified atom stereocenters. The third kappa shape index (κ3) is 2.65. The van der Waals surface area contributed by atoms with Gasteiger partial charge < -0.3 is 5.32 Å². The number of amides is 1. The van der Waals surface area contributed by atoms with Crippen LogP contribution < -0.4 is 10.9 Å². The van der Waals surface area contributed by atoms with Gasteiger partial charge in [0.25, 0.3) is 11.5 Å². The fraction of sp³-hybridized carbons (Fsp3) is 0.357. The van der Waals surface area contributed by atoms with Gasteiger partial charge in [-0.3, -0.25) is 14.2 Å². The van der Waals surface area contributed by atoms with Crippen molar-refractivity contribution in [3.63, 3.8) is 0 Å². The van der Waals surface area contributed by atoms with Crippen molar-refractivity contribution in [2.75, 3.05) is 0 Å². The topological polar surface area (TPSA) is 64.0 Å². The van der Waals surface area contributed by atoms with Crippen LogP contribution in [0, 0.1) is 0 Å². The first kappa shape index (κ1) is 13.3. The molecule has 19 heavy (non-hydrogen) atoms. The van der Waals surface area contributed by atoms with Gasteiger partial charge in [0, 0.05) is 24.2 Å². The molecule has 0 atom stereocenters. The van der Waals surface area contributed by atoms with Gasteiger partial charge in [-0.25, -0.2) is 4.98 Å². The second kappa shape index (κ2) is 4.50. The highest BCUT2D eigenvalue weighted by molar-refractivity contribution is 5.97. The molecule has 0 aliphatic rings. The summed E-state index contributed by atoms with van der Waals surface area (Å²) < 4.78 is 1.40. The normalized spacial score (nSPS) is 11.6. The molecule has 2 heterocycles. The Morgan fingerprint density at radius 3 is 2.68 bits per heavy atom. The molecule has 5 heteroatoms. The van der Waals surface area contributed by atoms with Crippen LogP contribution in [0.15, 0.2) is 29.2 Å². The summed E-state index contributed by atoms with van der Waals surface area (Å²) in [6.45, 7) is 5.62. The lowest BCUT2D eigenvalue weighted by atomic mass is 10.1. The predicted octanol–water partition coefficient (Wildman–Crippen LogP) is 1.46. The first-order valence-corrected chi connectivity index (χ1v) is 6.07. The molecular weight excluding hydrogens is 242 g/mol. The fourth-order valence-electron chi connectivity index (χ4n) is 1.87. The average molecular weight is 259 g/mol. The Labute approximate surface area is 111 Å². The molecular formula is C14H17N3O2. The molecule has 2 aromatic rings. The average Bonchev–Trinajstić information content (AvgIpc) is 2.31. The van der Waals surface area contributed by atoms with Crippen molar-refractivity contribution < 1.29 is 4.79 Å². The maximum absolute atomic E-state index is 12.2. The Morgan fingerprint density at radius 2 is 2.05 bits per heavy atom. The minimum absolute atomic E-state index is 0.137. The van der Waals surface area contributed by atoms with Gasteiger partial charge in [-0.15, -0.1) is 0 Å². The molecule has 1 amide bonds. The zero-order valence-electron chi connectivity index (χ0n) is 11.5. The maximum atomic E-state index is 12.2. The minimum atomic E-state index is -0.383. The van der Waals surface area contributed by atoms with Crippen LogP contribution in [-0.2, 0) is 7.05 Å². The molecule has 0 aliphatic heterocycles. The zero-order valence-corrected chi connectivity index (χ0v) is 11.5. The summed E-state index contributed by atoms with van der Waals surface area (Å²) in [4.78, 5) is 28.5. The Bertz CT molecular complexity index is 696. The van der Waals surface area contributed by atoms with E-state index in [0.29, 0.717) is 5.65 Å². The van der Waals surface area contributed by atoms with E-state index >= 15 is 0 Å². The molecule has 0 saturated carbocycles. The number of pyridine rings is 2. The third-order valence-electron chi connectivity index (χ3n) is 2.70. The van der Waals surface area contributed by atoms with Crippen LogP contribution in [0.4, 0.5) is 0 Å². The largest absolute Gasteiger partial charge is 0.347 e. The molecule has 0 bridgehead atoms. The molecule has 0 aromatic carbocycles. The summed E-state index contributed by atoms with van der Waals surface area (Å²) in [5, 5.41) is 3.56. The lowest BCUT2D eigenvalue weighted by molar-refractivity contribution is 0.0917. The summed E-state index contributed by atoms with van der Waals surface area (Å²) in [5.41, 5.74) is -0.0166. The van der Waals surface area contributed by atoms with E-state index < -0.39 is 0 Å². The monoisotopic (exact) mass is 259 g/mol. The molecule has 2 aromatic heterocycles. The number of aryl methyl sites for hydroxylation is 1. The summed E-state index contributed by atoms with van der Waals surface area (Å²) in [5.74, 6) is -0.362. The molecule has 2 rings (SSSR count). The summed E-state index contributed by atoms with van der Waals surface area (Å²) in [6, 6.07) is 5.19. The molecule has 0 spiro atoms. The molecule has 1 N–H and O–H groups in total. The molecule has 5 nitrogen and oxygen atoms in total. The molecule has 0 radical (unpaired) electrons. The van der Waals surface area contributed by atoms with Crippen LogP contribution in [0.5, 0.6) is 0 Å². The Hall–Kier alpha value is -2.17. The van der Waals surface area contributed by atoms with Crippen LogP contribution in [0.25, 0.3) is 11.0 Å². The SMILES string of the molecule is Cn1c(=O)c(C(=O)NC(C)(C)C)cc2cccnc21. The van der Waals surface area contributed by atoms with Crippen LogP contribution in [0.2, 0.25) is 0 Å². The van der Waals surface area contributed by atoms with Gasteiger partial charge >= 0.3 is 0 Å². The van der Waals surface area contributed by atoms with Gasteiger partial charge in [-0.05, 0) is 39.0 Å². The van der Waals surface area contributed by atoms with E-state index in [9.17, 15) is 9.59 Å². The van der Waals surface area contributed by atoms with Crippen molar-refractivity contribution in [3.05, 3.63) is 40.3 Å². The zero-order chi connectivity index (χ0) is 14.2. The first-order valence-electron chi connectivity index (χ1n) is 6.07. The highest BCUT2D eigenvalue weighted by Crippen LogP contribution is 2.10. The fourth-order valence-corrected chi connectivity index (χ4v) is 1.87. The Kier molecular flexibility index (Phi) is 3.14. The van der Waals surface area contributed by atoms with Gasteiger partial charge in [0.2, 0.25) is 0 Å². The number of hydrogen-bond acceptors (Lipinski definition) is 3. The number of nitrogens with zero attached hydrogens (tertiary/aromatic N) is 2. The smallest absolute Gasteiger partial charge is 0.264 e. The number of hydrogen-bond donors (Lipinski definition) is 1. The summed E-state index contributed by atoms with van der Waals surface area (Å²) in [7, 11) is 1.62. The van der Waals surface area contributed by atoms with Crippen LogP contribution in [-0.4, -0.2) is 21.0 Å². The maximum Gasteiger partial charge on any atom is 0.264 e. The van der Waals surface area contributed by atoms with Crippen molar-refractivity contribution in [2.45, 2.75) is 26.3 Å².